The van der Waals surface area contributed by atoms with Crippen molar-refractivity contribution in [1.82, 2.24) is 10.2 Å². The van der Waals surface area contributed by atoms with Crippen LogP contribution in [0.25, 0.3) is 0 Å². The number of carbonyl (C=O) groups is 1. The lowest BCUT2D eigenvalue weighted by Crippen LogP contribution is -2.49. The molecule has 0 aromatic heterocycles. The van der Waals surface area contributed by atoms with Gasteiger partial charge in [0.2, 0.25) is 0 Å². The summed E-state index contributed by atoms with van der Waals surface area (Å²) in [5.74, 6) is -0.695. The van der Waals surface area contributed by atoms with Crippen LogP contribution < -0.4 is 5.32 Å². The van der Waals surface area contributed by atoms with Gasteiger partial charge in [-0.15, -0.1) is 0 Å². The molecule has 0 bridgehead atoms. The van der Waals surface area contributed by atoms with Crippen LogP contribution >= 0.6 is 0 Å². The van der Waals surface area contributed by atoms with E-state index >= 15 is 0 Å². The van der Waals surface area contributed by atoms with Gasteiger partial charge in [-0.25, -0.2) is 0 Å². The van der Waals surface area contributed by atoms with Gasteiger partial charge >= 0.3 is 5.97 Å². The minimum absolute atomic E-state index is 0.115. The summed E-state index contributed by atoms with van der Waals surface area (Å²) in [6.07, 6.45) is 4.72. The molecule has 1 saturated heterocycles. The molecule has 1 atom stereocenters. The van der Waals surface area contributed by atoms with Crippen molar-refractivity contribution in [1.29, 1.82) is 0 Å². The van der Waals surface area contributed by atoms with E-state index < -0.39 is 5.97 Å². The smallest absolute Gasteiger partial charge is 0.304 e. The van der Waals surface area contributed by atoms with Crippen molar-refractivity contribution in [3.8, 4) is 0 Å². The molecule has 2 N–H and O–H groups in total. The van der Waals surface area contributed by atoms with Gasteiger partial charge in [0.1, 0.15) is 0 Å². The van der Waals surface area contributed by atoms with E-state index in [9.17, 15) is 9.90 Å². The molecule has 1 aromatic carbocycles. The van der Waals surface area contributed by atoms with E-state index in [0.29, 0.717) is 0 Å². The fraction of sp³-hybridized carbons (Fsp3) is 0.588. The van der Waals surface area contributed by atoms with Crippen molar-refractivity contribution in [2.24, 2.45) is 0 Å². The Morgan fingerprint density at radius 1 is 1.24 bits per heavy atom. The van der Waals surface area contributed by atoms with Gasteiger partial charge < -0.3 is 10.4 Å². The third kappa shape index (κ3) is 3.63. The zero-order valence-corrected chi connectivity index (χ0v) is 12.5. The predicted octanol–water partition coefficient (Wildman–Crippen LogP) is 1.47. The number of hydrogen-bond donors (Lipinski definition) is 2. The van der Waals surface area contributed by atoms with Gasteiger partial charge in [-0.1, -0.05) is 18.2 Å². The summed E-state index contributed by atoms with van der Waals surface area (Å²) >= 11 is 0. The van der Waals surface area contributed by atoms with Crippen LogP contribution in [-0.2, 0) is 24.1 Å². The molecule has 4 heteroatoms. The maximum Gasteiger partial charge on any atom is 0.304 e. The van der Waals surface area contributed by atoms with Crippen molar-refractivity contribution in [2.45, 2.75) is 38.1 Å². The van der Waals surface area contributed by atoms with E-state index in [-0.39, 0.29) is 12.5 Å². The molecule has 2 aliphatic rings. The number of carboxylic acid groups (broad SMARTS) is 1. The molecule has 0 amide bonds. The van der Waals surface area contributed by atoms with Gasteiger partial charge in [-0.2, -0.15) is 0 Å². The Morgan fingerprint density at radius 3 is 2.76 bits per heavy atom. The van der Waals surface area contributed by atoms with Crippen molar-refractivity contribution < 1.29 is 9.90 Å². The van der Waals surface area contributed by atoms with Crippen molar-refractivity contribution >= 4 is 5.97 Å². The summed E-state index contributed by atoms with van der Waals surface area (Å²) < 4.78 is 0. The number of aryl methyl sites for hydroxylation is 2. The molecule has 1 fully saturated rings. The molecule has 1 aliphatic heterocycles. The fourth-order valence-electron chi connectivity index (χ4n) is 3.60. The monoisotopic (exact) mass is 288 g/mol. The molecule has 0 radical (unpaired) electrons. The van der Waals surface area contributed by atoms with Crippen molar-refractivity contribution in [3.05, 3.63) is 34.9 Å². The van der Waals surface area contributed by atoms with Crippen LogP contribution in [0.2, 0.25) is 0 Å². The first kappa shape index (κ1) is 14.5. The Bertz CT molecular complexity index is 510. The summed E-state index contributed by atoms with van der Waals surface area (Å²) in [6.45, 7) is 3.81. The zero-order chi connectivity index (χ0) is 14.7. The number of fused-ring (bicyclic) bond motifs is 1. The van der Waals surface area contributed by atoms with E-state index in [4.69, 9.17) is 0 Å². The quantitative estimate of drug-likeness (QED) is 0.861. The SMILES string of the molecule is O=C(O)CC(Cc1ccc2c(c1)CCC2)N1CCNCC1. The lowest BCUT2D eigenvalue weighted by atomic mass is 9.98. The zero-order valence-electron chi connectivity index (χ0n) is 12.5. The summed E-state index contributed by atoms with van der Waals surface area (Å²) in [4.78, 5) is 13.5. The first-order chi connectivity index (χ1) is 10.2. The molecule has 114 valence electrons. The van der Waals surface area contributed by atoms with E-state index in [1.54, 1.807) is 0 Å². The van der Waals surface area contributed by atoms with Crippen molar-refractivity contribution in [3.63, 3.8) is 0 Å². The molecule has 3 rings (SSSR count). The van der Waals surface area contributed by atoms with E-state index in [0.717, 1.165) is 32.6 Å². The molecule has 0 spiro atoms. The molecule has 4 nitrogen and oxygen atoms in total. The van der Waals surface area contributed by atoms with Crippen LogP contribution in [0.1, 0.15) is 29.5 Å². The van der Waals surface area contributed by atoms with Gasteiger partial charge in [0.05, 0.1) is 6.42 Å². The molecular weight excluding hydrogens is 264 g/mol. The highest BCUT2D eigenvalue weighted by Crippen LogP contribution is 2.24. The third-order valence-corrected chi connectivity index (χ3v) is 4.71. The molecule has 0 saturated carbocycles. The molecule has 1 aromatic rings. The average molecular weight is 288 g/mol. The Kier molecular flexibility index (Phi) is 4.56. The first-order valence-corrected chi connectivity index (χ1v) is 7.99. The second-order valence-electron chi connectivity index (χ2n) is 6.20. The number of nitrogens with zero attached hydrogens (tertiary/aromatic N) is 1. The summed E-state index contributed by atoms with van der Waals surface area (Å²) in [5.41, 5.74) is 4.25. The van der Waals surface area contributed by atoms with Crippen LogP contribution in [0, 0.1) is 0 Å². The van der Waals surface area contributed by atoms with Gasteiger partial charge in [-0.3, -0.25) is 9.69 Å². The van der Waals surface area contributed by atoms with Gasteiger partial charge in [-0.05, 0) is 42.4 Å². The van der Waals surface area contributed by atoms with Crippen LogP contribution in [0.4, 0.5) is 0 Å². The van der Waals surface area contributed by atoms with Crippen LogP contribution in [0.15, 0.2) is 18.2 Å². The van der Waals surface area contributed by atoms with Crippen LogP contribution in [0.3, 0.4) is 0 Å². The first-order valence-electron chi connectivity index (χ1n) is 7.99. The van der Waals surface area contributed by atoms with Gasteiger partial charge in [0.15, 0.2) is 0 Å². The van der Waals surface area contributed by atoms with E-state index in [1.807, 2.05) is 0 Å². The number of benzene rings is 1. The maximum absolute atomic E-state index is 11.2. The molecule has 1 aliphatic carbocycles. The third-order valence-electron chi connectivity index (χ3n) is 4.71. The number of rotatable bonds is 5. The highest BCUT2D eigenvalue weighted by molar-refractivity contribution is 5.67. The maximum atomic E-state index is 11.2. The molecule has 1 unspecified atom stereocenters. The Hall–Kier alpha value is -1.39. The number of nitrogens with one attached hydrogen (secondary N) is 1. The fourth-order valence-corrected chi connectivity index (χ4v) is 3.60. The summed E-state index contributed by atoms with van der Waals surface area (Å²) in [7, 11) is 0. The molecular formula is C17H24N2O2. The van der Waals surface area contributed by atoms with Gasteiger partial charge in [0, 0.05) is 32.2 Å². The number of aliphatic carboxylic acids is 1. The molecule has 1 heterocycles. The lowest BCUT2D eigenvalue weighted by molar-refractivity contribution is -0.138. The topological polar surface area (TPSA) is 52.6 Å². The van der Waals surface area contributed by atoms with Crippen LogP contribution in [-0.4, -0.2) is 48.2 Å². The minimum Gasteiger partial charge on any atom is -0.481 e. The van der Waals surface area contributed by atoms with E-state index in [1.165, 1.54) is 36.0 Å². The highest BCUT2D eigenvalue weighted by Gasteiger charge is 2.23. The predicted molar refractivity (Wildman–Crippen MR) is 82.7 cm³/mol. The highest BCUT2D eigenvalue weighted by atomic mass is 16.4. The second kappa shape index (κ2) is 6.58. The minimum atomic E-state index is -0.695. The number of carboxylic acids is 1. The number of piperazine rings is 1. The lowest BCUT2D eigenvalue weighted by Gasteiger charge is -2.34. The standard InChI is InChI=1S/C17H24N2O2/c20-17(21)12-16(19-8-6-18-7-9-19)11-13-4-5-14-2-1-3-15(14)10-13/h4-5,10,16,18H,1-3,6-9,11-12H2,(H,20,21). The average Bonchev–Trinajstić information content (AvgIpc) is 2.94. The van der Waals surface area contributed by atoms with Crippen molar-refractivity contribution in [2.75, 3.05) is 26.2 Å². The normalized spacial score (nSPS) is 20.2. The molecule has 21 heavy (non-hydrogen) atoms. The van der Waals surface area contributed by atoms with Gasteiger partial charge in [0.25, 0.3) is 0 Å². The van der Waals surface area contributed by atoms with Crippen LogP contribution in [0.5, 0.6) is 0 Å². The Labute approximate surface area is 126 Å². The Balaban J connectivity index is 1.72. The van der Waals surface area contributed by atoms with E-state index in [2.05, 4.69) is 28.4 Å². The second-order valence-corrected chi connectivity index (χ2v) is 6.20. The largest absolute Gasteiger partial charge is 0.481 e. The summed E-state index contributed by atoms with van der Waals surface area (Å²) in [6, 6.07) is 6.86. The number of hydrogen-bond acceptors (Lipinski definition) is 3. The Morgan fingerprint density at radius 2 is 2.00 bits per heavy atom. The summed E-state index contributed by atoms with van der Waals surface area (Å²) in [5, 5.41) is 12.5.